The number of hydrogen-bond donors (Lipinski definition) is 2. The van der Waals surface area contributed by atoms with Gasteiger partial charge in [0.2, 0.25) is 5.91 Å². The smallest absolute Gasteiger partial charge is 0.303 e. The molecule has 2 N–H and O–H groups in total. The van der Waals surface area contributed by atoms with E-state index >= 15 is 0 Å². The average Bonchev–Trinajstić information content (AvgIpc) is 2.87. The zero-order valence-corrected chi connectivity index (χ0v) is 16.4. The van der Waals surface area contributed by atoms with Crippen molar-refractivity contribution in [3.8, 4) is 0 Å². The van der Waals surface area contributed by atoms with Gasteiger partial charge in [0.15, 0.2) is 0 Å². The lowest BCUT2D eigenvalue weighted by molar-refractivity contribution is -0.137. The van der Waals surface area contributed by atoms with Crippen molar-refractivity contribution in [1.82, 2.24) is 10.2 Å². The number of benzene rings is 1. The van der Waals surface area contributed by atoms with Crippen LogP contribution in [0.15, 0.2) is 46.9 Å². The third kappa shape index (κ3) is 6.65. The first-order valence-corrected chi connectivity index (χ1v) is 9.56. The predicted molar refractivity (Wildman–Crippen MR) is 110 cm³/mol. The van der Waals surface area contributed by atoms with E-state index in [0.29, 0.717) is 15.6 Å². The van der Waals surface area contributed by atoms with Crippen LogP contribution in [0.5, 0.6) is 0 Å². The van der Waals surface area contributed by atoms with Crippen molar-refractivity contribution in [3.05, 3.63) is 52.4 Å². The maximum Gasteiger partial charge on any atom is 0.303 e. The van der Waals surface area contributed by atoms with Crippen LogP contribution in [-0.2, 0) is 14.4 Å². The molecule has 0 spiro atoms. The number of nitrogens with one attached hydrogen (secondary N) is 1. The van der Waals surface area contributed by atoms with E-state index in [9.17, 15) is 14.4 Å². The number of carboxylic acids is 1. The van der Waals surface area contributed by atoms with Gasteiger partial charge in [0.05, 0.1) is 4.91 Å². The Hall–Kier alpha value is -2.45. The van der Waals surface area contributed by atoms with Gasteiger partial charge in [-0.3, -0.25) is 19.3 Å². The molecule has 1 saturated heterocycles. The number of carbonyl (C=O) groups is 3. The summed E-state index contributed by atoms with van der Waals surface area (Å²) in [6.45, 7) is 1.97. The third-order valence-electron chi connectivity index (χ3n) is 3.62. The third-order valence-corrected chi connectivity index (χ3v) is 5.00. The molecule has 142 valence electrons. The Morgan fingerprint density at radius 2 is 2.00 bits per heavy atom. The van der Waals surface area contributed by atoms with Gasteiger partial charge in [0.25, 0.3) is 5.91 Å². The molecule has 0 aliphatic carbocycles. The molecule has 0 saturated carbocycles. The minimum Gasteiger partial charge on any atom is -0.481 e. The molecule has 8 heteroatoms. The number of rotatable bonds is 8. The number of thiocarbonyl (C=S) groups is 1. The van der Waals surface area contributed by atoms with Gasteiger partial charge in [-0.05, 0) is 30.6 Å². The number of carboxylic acid groups (broad SMARTS) is 1. The van der Waals surface area contributed by atoms with Crippen LogP contribution >= 0.6 is 24.0 Å². The molecule has 1 aromatic carbocycles. The molecule has 0 radical (unpaired) electrons. The lowest BCUT2D eigenvalue weighted by atomic mass is 10.1. The van der Waals surface area contributed by atoms with Crippen molar-refractivity contribution < 1.29 is 19.5 Å². The van der Waals surface area contributed by atoms with Gasteiger partial charge in [0.1, 0.15) is 10.9 Å². The fourth-order valence-electron chi connectivity index (χ4n) is 2.36. The second kappa shape index (κ2) is 10.0. The predicted octanol–water partition coefficient (Wildman–Crippen LogP) is 2.82. The highest BCUT2D eigenvalue weighted by molar-refractivity contribution is 8.26. The fraction of sp³-hybridized carbons (Fsp3) is 0.263. The van der Waals surface area contributed by atoms with Gasteiger partial charge in [0, 0.05) is 13.0 Å². The van der Waals surface area contributed by atoms with Crippen molar-refractivity contribution in [1.29, 1.82) is 0 Å². The zero-order chi connectivity index (χ0) is 19.8. The molecule has 1 fully saturated rings. The van der Waals surface area contributed by atoms with Gasteiger partial charge in [-0.1, -0.05) is 60.4 Å². The summed E-state index contributed by atoms with van der Waals surface area (Å²) in [5.74, 6) is -1.58. The number of carbonyl (C=O) groups excluding carboxylic acids is 2. The van der Waals surface area contributed by atoms with Crippen LogP contribution in [-0.4, -0.2) is 45.2 Å². The lowest BCUT2D eigenvalue weighted by Gasteiger charge is -2.14. The van der Waals surface area contributed by atoms with Crippen molar-refractivity contribution >= 4 is 52.2 Å². The normalized spacial score (nSPS) is 16.1. The maximum absolute atomic E-state index is 12.5. The van der Waals surface area contributed by atoms with E-state index < -0.39 is 5.97 Å². The number of thioether (sulfide) groups is 1. The van der Waals surface area contributed by atoms with E-state index in [1.165, 1.54) is 16.7 Å². The van der Waals surface area contributed by atoms with Crippen LogP contribution in [0.4, 0.5) is 0 Å². The summed E-state index contributed by atoms with van der Waals surface area (Å²) in [7, 11) is 0. The van der Waals surface area contributed by atoms with Crippen molar-refractivity contribution in [3.63, 3.8) is 0 Å². The Kier molecular flexibility index (Phi) is 7.75. The van der Waals surface area contributed by atoms with Crippen LogP contribution in [0, 0.1) is 0 Å². The molecule has 0 bridgehead atoms. The topological polar surface area (TPSA) is 86.7 Å². The Morgan fingerprint density at radius 1 is 1.30 bits per heavy atom. The highest BCUT2D eigenvalue weighted by Crippen LogP contribution is 2.31. The molecular weight excluding hydrogens is 384 g/mol. The SMILES string of the molecule is CC(/C=C1\SC(=S)N(CC(=O)NCCCC(=O)O)C1=O)=C\c1ccccc1. The number of nitrogens with zero attached hydrogens (tertiary/aromatic N) is 1. The van der Waals surface area contributed by atoms with E-state index in [2.05, 4.69) is 5.32 Å². The Bertz CT molecular complexity index is 803. The summed E-state index contributed by atoms with van der Waals surface area (Å²) in [6, 6.07) is 9.75. The molecule has 1 heterocycles. The van der Waals surface area contributed by atoms with E-state index in [1.807, 2.05) is 43.3 Å². The minimum absolute atomic E-state index is 0.0168. The molecule has 27 heavy (non-hydrogen) atoms. The summed E-state index contributed by atoms with van der Waals surface area (Å²) >= 11 is 6.38. The molecule has 1 aliphatic rings. The van der Waals surface area contributed by atoms with Crippen LogP contribution in [0.1, 0.15) is 25.3 Å². The first kappa shape index (κ1) is 20.9. The highest BCUT2D eigenvalue weighted by Gasteiger charge is 2.33. The van der Waals surface area contributed by atoms with E-state index in [1.54, 1.807) is 6.08 Å². The first-order chi connectivity index (χ1) is 12.9. The average molecular weight is 405 g/mol. The fourth-order valence-corrected chi connectivity index (χ4v) is 3.67. The molecule has 6 nitrogen and oxygen atoms in total. The van der Waals surface area contributed by atoms with E-state index in [4.69, 9.17) is 17.3 Å². The number of hydrogen-bond acceptors (Lipinski definition) is 5. The summed E-state index contributed by atoms with van der Waals surface area (Å²) < 4.78 is 0.333. The van der Waals surface area contributed by atoms with Gasteiger partial charge in [-0.25, -0.2) is 0 Å². The van der Waals surface area contributed by atoms with Gasteiger partial charge < -0.3 is 10.4 Å². The number of aliphatic carboxylic acids is 1. The number of amides is 2. The molecule has 0 atom stereocenters. The van der Waals surface area contributed by atoms with Crippen molar-refractivity contribution in [2.24, 2.45) is 0 Å². The van der Waals surface area contributed by atoms with Crippen LogP contribution in [0.25, 0.3) is 6.08 Å². The molecule has 1 aliphatic heterocycles. The Labute approximate surface area is 167 Å². The van der Waals surface area contributed by atoms with Crippen LogP contribution < -0.4 is 5.32 Å². The minimum atomic E-state index is -0.912. The van der Waals surface area contributed by atoms with Gasteiger partial charge >= 0.3 is 5.97 Å². The molecular formula is C19H20N2O4S2. The monoisotopic (exact) mass is 404 g/mol. The summed E-state index contributed by atoms with van der Waals surface area (Å²) in [6.07, 6.45) is 4.04. The Morgan fingerprint density at radius 3 is 2.67 bits per heavy atom. The molecule has 0 unspecified atom stereocenters. The highest BCUT2D eigenvalue weighted by atomic mass is 32.2. The molecule has 1 aromatic rings. The molecule has 2 rings (SSSR count). The van der Waals surface area contributed by atoms with Gasteiger partial charge in [-0.2, -0.15) is 0 Å². The van der Waals surface area contributed by atoms with Crippen molar-refractivity contribution in [2.75, 3.05) is 13.1 Å². The Balaban J connectivity index is 1.94. The van der Waals surface area contributed by atoms with Gasteiger partial charge in [-0.15, -0.1) is 0 Å². The largest absolute Gasteiger partial charge is 0.481 e. The van der Waals surface area contributed by atoms with Crippen LogP contribution in [0.3, 0.4) is 0 Å². The summed E-state index contributed by atoms with van der Waals surface area (Å²) in [5.41, 5.74) is 1.93. The van der Waals surface area contributed by atoms with Crippen molar-refractivity contribution in [2.45, 2.75) is 19.8 Å². The number of allylic oxidation sites excluding steroid dienone is 2. The molecule has 0 aromatic heterocycles. The lowest BCUT2D eigenvalue weighted by Crippen LogP contribution is -2.39. The standard InChI is InChI=1S/C19H20N2O4S2/c1-13(10-14-6-3-2-4-7-14)11-15-18(25)21(19(26)27-15)12-16(22)20-9-5-8-17(23)24/h2-4,6-7,10-11H,5,8-9,12H2,1H3,(H,20,22)(H,23,24)/b13-10+,15-11-. The van der Waals surface area contributed by atoms with Crippen LogP contribution in [0.2, 0.25) is 0 Å². The first-order valence-electron chi connectivity index (χ1n) is 8.34. The van der Waals surface area contributed by atoms with E-state index in [0.717, 1.165) is 11.1 Å². The zero-order valence-electron chi connectivity index (χ0n) is 14.8. The second-order valence-corrected chi connectivity index (χ2v) is 7.59. The maximum atomic E-state index is 12.5. The summed E-state index contributed by atoms with van der Waals surface area (Å²) in [4.78, 5) is 36.7. The second-order valence-electron chi connectivity index (χ2n) is 5.91. The van der Waals surface area contributed by atoms with E-state index in [-0.39, 0.29) is 31.3 Å². The molecule has 2 amide bonds. The summed E-state index contributed by atoms with van der Waals surface area (Å²) in [5, 5.41) is 11.2. The quantitative estimate of drug-likeness (QED) is 0.394.